The molecule has 1 N–H and O–H groups in total. The fourth-order valence-electron chi connectivity index (χ4n) is 2.63. The zero-order valence-electron chi connectivity index (χ0n) is 15.6. The Bertz CT molecular complexity index is 905. The van der Waals surface area contributed by atoms with Gasteiger partial charge in [0.2, 0.25) is 5.82 Å². The first kappa shape index (κ1) is 18.6. The van der Waals surface area contributed by atoms with Crippen LogP contribution in [0.3, 0.4) is 0 Å². The van der Waals surface area contributed by atoms with Crippen molar-refractivity contribution in [2.24, 2.45) is 0 Å². The third-order valence-electron chi connectivity index (χ3n) is 4.14. The highest BCUT2D eigenvalue weighted by atomic mass is 16.5. The number of aromatic nitrogens is 2. The Morgan fingerprint density at radius 3 is 2.63 bits per heavy atom. The zero-order chi connectivity index (χ0) is 19.1. The summed E-state index contributed by atoms with van der Waals surface area (Å²) in [6, 6.07) is 15.2. The number of carbonyl (C=O) groups excluding carboxylic acids is 1. The topological polar surface area (TPSA) is 77.2 Å². The lowest BCUT2D eigenvalue weighted by Crippen LogP contribution is -2.29. The number of nitrogens with zero attached hydrogens (tertiary/aromatic N) is 2. The van der Waals surface area contributed by atoms with Gasteiger partial charge >= 0.3 is 0 Å². The first-order valence-corrected chi connectivity index (χ1v) is 9.07. The predicted octanol–water partition coefficient (Wildman–Crippen LogP) is 4.01. The zero-order valence-corrected chi connectivity index (χ0v) is 15.6. The summed E-state index contributed by atoms with van der Waals surface area (Å²) in [4.78, 5) is 16.4. The molecule has 0 atom stereocenters. The molecule has 0 spiro atoms. The number of unbranched alkanes of at least 4 members (excludes halogenated alkanes) is 1. The van der Waals surface area contributed by atoms with E-state index in [-0.39, 0.29) is 12.5 Å². The van der Waals surface area contributed by atoms with Crippen LogP contribution in [0.1, 0.15) is 25.3 Å². The average Bonchev–Trinajstić information content (AvgIpc) is 3.17. The van der Waals surface area contributed by atoms with E-state index in [0.29, 0.717) is 29.6 Å². The monoisotopic (exact) mass is 365 g/mol. The molecule has 0 aliphatic carbocycles. The quantitative estimate of drug-likeness (QED) is 0.610. The minimum atomic E-state index is -0.149. The van der Waals surface area contributed by atoms with E-state index in [1.54, 1.807) is 6.07 Å². The number of hydrogen-bond acceptors (Lipinski definition) is 5. The maximum atomic E-state index is 11.9. The molecule has 0 aliphatic heterocycles. The van der Waals surface area contributed by atoms with Gasteiger partial charge in [0.15, 0.2) is 6.61 Å². The lowest BCUT2D eigenvalue weighted by molar-refractivity contribution is -0.123. The summed E-state index contributed by atoms with van der Waals surface area (Å²) in [6.07, 6.45) is 1.98. The second kappa shape index (κ2) is 8.98. The number of amides is 1. The molecule has 0 aliphatic rings. The Hall–Kier alpha value is -3.15. The molecule has 0 fully saturated rings. The summed E-state index contributed by atoms with van der Waals surface area (Å²) >= 11 is 0. The third-order valence-corrected chi connectivity index (χ3v) is 4.14. The van der Waals surface area contributed by atoms with E-state index in [0.717, 1.165) is 24.0 Å². The molecule has 1 amide bonds. The van der Waals surface area contributed by atoms with Gasteiger partial charge in [0.05, 0.1) is 5.56 Å². The van der Waals surface area contributed by atoms with Crippen molar-refractivity contribution in [3.05, 3.63) is 54.1 Å². The minimum Gasteiger partial charge on any atom is -0.483 e. The van der Waals surface area contributed by atoms with Crippen molar-refractivity contribution in [1.82, 2.24) is 15.5 Å². The minimum absolute atomic E-state index is 0.0560. The second-order valence-electron chi connectivity index (χ2n) is 6.23. The SMILES string of the molecule is CCCCNC(=O)COc1ccccc1-c1nc(-c2ccccc2C)no1. The summed E-state index contributed by atoms with van der Waals surface area (Å²) in [5.74, 6) is 1.26. The van der Waals surface area contributed by atoms with E-state index in [1.165, 1.54) is 0 Å². The van der Waals surface area contributed by atoms with Gasteiger partial charge in [0, 0.05) is 12.1 Å². The van der Waals surface area contributed by atoms with Crippen molar-refractivity contribution in [2.45, 2.75) is 26.7 Å². The number of benzene rings is 2. The van der Waals surface area contributed by atoms with Crippen LogP contribution in [-0.4, -0.2) is 29.2 Å². The van der Waals surface area contributed by atoms with E-state index in [1.807, 2.05) is 49.4 Å². The van der Waals surface area contributed by atoms with E-state index in [2.05, 4.69) is 22.4 Å². The van der Waals surface area contributed by atoms with Crippen molar-refractivity contribution in [3.8, 4) is 28.6 Å². The lowest BCUT2D eigenvalue weighted by Gasteiger charge is -2.09. The molecule has 0 unspecified atom stereocenters. The number of aryl methyl sites for hydroxylation is 1. The van der Waals surface area contributed by atoms with Gasteiger partial charge in [-0.25, -0.2) is 0 Å². The highest BCUT2D eigenvalue weighted by Crippen LogP contribution is 2.30. The molecule has 3 rings (SSSR count). The molecule has 0 radical (unpaired) electrons. The largest absolute Gasteiger partial charge is 0.483 e. The van der Waals surface area contributed by atoms with Crippen LogP contribution in [0.5, 0.6) is 5.75 Å². The number of nitrogens with one attached hydrogen (secondary N) is 1. The first-order chi connectivity index (χ1) is 13.2. The highest BCUT2D eigenvalue weighted by molar-refractivity contribution is 5.78. The van der Waals surface area contributed by atoms with E-state index >= 15 is 0 Å². The van der Waals surface area contributed by atoms with E-state index < -0.39 is 0 Å². The van der Waals surface area contributed by atoms with Crippen LogP contribution in [0.2, 0.25) is 0 Å². The molecule has 6 heteroatoms. The number of para-hydroxylation sites is 1. The summed E-state index contributed by atoms with van der Waals surface area (Å²) in [5, 5.41) is 6.92. The Morgan fingerprint density at radius 1 is 1.11 bits per heavy atom. The average molecular weight is 365 g/mol. The van der Waals surface area contributed by atoms with Crippen molar-refractivity contribution >= 4 is 5.91 Å². The maximum absolute atomic E-state index is 11.9. The summed E-state index contributed by atoms with van der Waals surface area (Å²) < 4.78 is 11.1. The summed E-state index contributed by atoms with van der Waals surface area (Å²) in [7, 11) is 0. The molecule has 0 bridgehead atoms. The van der Waals surface area contributed by atoms with Crippen LogP contribution < -0.4 is 10.1 Å². The first-order valence-electron chi connectivity index (χ1n) is 9.07. The van der Waals surface area contributed by atoms with Crippen LogP contribution in [0.4, 0.5) is 0 Å². The Morgan fingerprint density at radius 2 is 1.85 bits per heavy atom. The molecule has 3 aromatic rings. The number of rotatable bonds is 8. The van der Waals surface area contributed by atoms with E-state index in [9.17, 15) is 4.79 Å². The lowest BCUT2D eigenvalue weighted by atomic mass is 10.1. The maximum Gasteiger partial charge on any atom is 0.262 e. The molecule has 0 saturated heterocycles. The molecule has 27 heavy (non-hydrogen) atoms. The fraction of sp³-hybridized carbons (Fsp3) is 0.286. The van der Waals surface area contributed by atoms with Crippen LogP contribution in [-0.2, 0) is 4.79 Å². The normalized spacial score (nSPS) is 10.6. The van der Waals surface area contributed by atoms with Gasteiger partial charge in [-0.1, -0.05) is 54.9 Å². The van der Waals surface area contributed by atoms with Crippen LogP contribution in [0.25, 0.3) is 22.8 Å². The van der Waals surface area contributed by atoms with Crippen molar-refractivity contribution in [1.29, 1.82) is 0 Å². The second-order valence-corrected chi connectivity index (χ2v) is 6.23. The van der Waals surface area contributed by atoms with E-state index in [4.69, 9.17) is 9.26 Å². The standard InChI is InChI=1S/C21H23N3O3/c1-3-4-13-22-19(25)14-26-18-12-8-7-11-17(18)21-23-20(24-27-21)16-10-6-5-9-15(16)2/h5-12H,3-4,13-14H2,1-2H3,(H,22,25). The summed E-state index contributed by atoms with van der Waals surface area (Å²) in [6.45, 7) is 4.68. The van der Waals surface area contributed by atoms with Crippen molar-refractivity contribution in [3.63, 3.8) is 0 Å². The van der Waals surface area contributed by atoms with Crippen LogP contribution in [0, 0.1) is 6.92 Å². The molecular weight excluding hydrogens is 342 g/mol. The van der Waals surface area contributed by atoms with Crippen LogP contribution >= 0.6 is 0 Å². The Labute approximate surface area is 158 Å². The van der Waals surface area contributed by atoms with Crippen molar-refractivity contribution < 1.29 is 14.1 Å². The smallest absolute Gasteiger partial charge is 0.262 e. The van der Waals surface area contributed by atoms with Gasteiger partial charge in [0.25, 0.3) is 11.8 Å². The summed E-state index contributed by atoms with van der Waals surface area (Å²) in [5.41, 5.74) is 2.64. The predicted molar refractivity (Wildman–Crippen MR) is 103 cm³/mol. The van der Waals surface area contributed by atoms with Crippen LogP contribution in [0.15, 0.2) is 53.1 Å². The van der Waals surface area contributed by atoms with Gasteiger partial charge < -0.3 is 14.6 Å². The van der Waals surface area contributed by atoms with Gasteiger partial charge in [-0.3, -0.25) is 4.79 Å². The van der Waals surface area contributed by atoms with Gasteiger partial charge in [-0.15, -0.1) is 0 Å². The van der Waals surface area contributed by atoms with Crippen molar-refractivity contribution in [2.75, 3.05) is 13.2 Å². The Kier molecular flexibility index (Phi) is 6.20. The fourth-order valence-corrected chi connectivity index (χ4v) is 2.63. The third kappa shape index (κ3) is 4.73. The van der Waals surface area contributed by atoms with Gasteiger partial charge in [0.1, 0.15) is 5.75 Å². The van der Waals surface area contributed by atoms with Gasteiger partial charge in [-0.2, -0.15) is 4.98 Å². The molecule has 2 aromatic carbocycles. The highest BCUT2D eigenvalue weighted by Gasteiger charge is 2.16. The Balaban J connectivity index is 1.75. The molecule has 0 saturated carbocycles. The number of hydrogen-bond donors (Lipinski definition) is 1. The molecular formula is C21H23N3O3. The van der Waals surface area contributed by atoms with Gasteiger partial charge in [-0.05, 0) is 31.0 Å². The number of ether oxygens (including phenoxy) is 1. The molecule has 1 heterocycles. The molecule has 140 valence electrons. The molecule has 6 nitrogen and oxygen atoms in total. The number of carbonyl (C=O) groups is 1. The molecule has 1 aromatic heterocycles.